The van der Waals surface area contributed by atoms with Gasteiger partial charge in [-0.15, -0.1) is 0 Å². The predicted octanol–water partition coefficient (Wildman–Crippen LogP) is 2.35. The van der Waals surface area contributed by atoms with Crippen molar-refractivity contribution < 1.29 is 9.90 Å². The Morgan fingerprint density at radius 2 is 2.00 bits per heavy atom. The molecule has 0 saturated carbocycles. The quantitative estimate of drug-likeness (QED) is 0.890. The molecule has 2 rings (SSSR count). The molecule has 1 heterocycles. The highest BCUT2D eigenvalue weighted by Gasteiger charge is 2.40. The second-order valence-corrected chi connectivity index (χ2v) is 5.35. The van der Waals surface area contributed by atoms with Crippen molar-refractivity contribution >= 4 is 17.6 Å². The molecule has 112 valence electrons. The highest BCUT2D eigenvalue weighted by Crippen LogP contribution is 2.26. The van der Waals surface area contributed by atoms with Crippen molar-refractivity contribution in [2.45, 2.75) is 25.9 Å². The average molecular weight is 308 g/mol. The zero-order valence-corrected chi connectivity index (χ0v) is 13.0. The van der Waals surface area contributed by atoms with E-state index in [1.54, 1.807) is 30.8 Å². The molecule has 0 spiro atoms. The first-order valence-corrected chi connectivity index (χ1v) is 6.97. The molecule has 1 aromatic carbocycles. The number of likely N-dealkylation sites (N-methyl/N-ethyl adjacent to an activating group) is 1. The minimum Gasteiger partial charge on any atom is -0.480 e. The van der Waals surface area contributed by atoms with Gasteiger partial charge in [-0.3, -0.25) is 10.00 Å². The molecule has 1 atom stereocenters. The summed E-state index contributed by atoms with van der Waals surface area (Å²) < 4.78 is 1.63. The largest absolute Gasteiger partial charge is 0.480 e. The Balaban J connectivity index is 2.51. The third kappa shape index (κ3) is 2.66. The molecule has 0 aliphatic rings. The lowest BCUT2D eigenvalue weighted by atomic mass is 9.90. The Morgan fingerprint density at radius 1 is 1.38 bits per heavy atom. The van der Waals surface area contributed by atoms with Crippen LogP contribution >= 0.6 is 11.6 Å². The van der Waals surface area contributed by atoms with Gasteiger partial charge in [-0.05, 0) is 26.5 Å². The number of rotatable bonds is 5. The predicted molar refractivity (Wildman–Crippen MR) is 81.5 cm³/mol. The number of aromatic nitrogens is 2. The van der Waals surface area contributed by atoms with E-state index in [9.17, 15) is 9.90 Å². The van der Waals surface area contributed by atoms with E-state index >= 15 is 0 Å². The SMILES string of the molecule is CNC(Cn1nc(C)c(Cl)c1C)(C(=O)O)c1ccccc1. The molecule has 5 nitrogen and oxygen atoms in total. The number of carbonyl (C=O) groups is 1. The molecule has 1 unspecified atom stereocenters. The third-order valence-electron chi connectivity index (χ3n) is 3.74. The number of benzene rings is 1. The number of nitrogens with zero attached hydrogens (tertiary/aromatic N) is 2. The van der Waals surface area contributed by atoms with E-state index in [1.807, 2.05) is 25.1 Å². The molecule has 2 aromatic rings. The van der Waals surface area contributed by atoms with Crippen molar-refractivity contribution in [2.24, 2.45) is 0 Å². The number of hydrogen-bond acceptors (Lipinski definition) is 3. The van der Waals surface area contributed by atoms with Crippen molar-refractivity contribution in [3.63, 3.8) is 0 Å². The lowest BCUT2D eigenvalue weighted by Crippen LogP contribution is -2.51. The van der Waals surface area contributed by atoms with Gasteiger partial charge in [0.2, 0.25) is 0 Å². The monoisotopic (exact) mass is 307 g/mol. The van der Waals surface area contributed by atoms with E-state index in [0.717, 1.165) is 5.69 Å². The van der Waals surface area contributed by atoms with Crippen molar-refractivity contribution in [3.8, 4) is 0 Å². The lowest BCUT2D eigenvalue weighted by molar-refractivity contribution is -0.146. The van der Waals surface area contributed by atoms with Crippen LogP contribution in [0.25, 0.3) is 0 Å². The maximum atomic E-state index is 11.9. The molecule has 0 aliphatic carbocycles. The molecule has 0 amide bonds. The maximum absolute atomic E-state index is 11.9. The van der Waals surface area contributed by atoms with Crippen LogP contribution in [0.2, 0.25) is 5.02 Å². The maximum Gasteiger partial charge on any atom is 0.330 e. The summed E-state index contributed by atoms with van der Waals surface area (Å²) in [4.78, 5) is 11.9. The average Bonchev–Trinajstić information content (AvgIpc) is 2.72. The van der Waals surface area contributed by atoms with Crippen LogP contribution in [0, 0.1) is 13.8 Å². The first kappa shape index (κ1) is 15.5. The van der Waals surface area contributed by atoms with Gasteiger partial charge in [0.15, 0.2) is 5.54 Å². The molecule has 0 fully saturated rings. The molecule has 0 bridgehead atoms. The van der Waals surface area contributed by atoms with Gasteiger partial charge < -0.3 is 5.11 Å². The van der Waals surface area contributed by atoms with Gasteiger partial charge in [-0.25, -0.2) is 4.79 Å². The Labute approximate surface area is 128 Å². The van der Waals surface area contributed by atoms with Crippen LogP contribution in [-0.2, 0) is 16.9 Å². The Bertz CT molecular complexity index is 654. The first-order chi connectivity index (χ1) is 9.92. The molecule has 21 heavy (non-hydrogen) atoms. The van der Waals surface area contributed by atoms with Crippen molar-refractivity contribution in [3.05, 3.63) is 52.3 Å². The van der Waals surface area contributed by atoms with Crippen LogP contribution in [0.15, 0.2) is 30.3 Å². The minimum absolute atomic E-state index is 0.155. The van der Waals surface area contributed by atoms with Gasteiger partial charge in [0.1, 0.15) is 0 Å². The zero-order chi connectivity index (χ0) is 15.6. The standard InChI is InChI=1S/C15H18ClN3O2/c1-10-13(16)11(2)19(18-10)9-15(17-3,14(20)21)12-7-5-4-6-8-12/h4-8,17H,9H2,1-3H3,(H,20,21). The summed E-state index contributed by atoms with van der Waals surface area (Å²) in [5, 5.41) is 17.6. The summed E-state index contributed by atoms with van der Waals surface area (Å²) in [6, 6.07) is 9.07. The smallest absolute Gasteiger partial charge is 0.330 e. The third-order valence-corrected chi connectivity index (χ3v) is 4.29. The molecule has 6 heteroatoms. The molecular weight excluding hydrogens is 290 g/mol. The Kier molecular flexibility index (Phi) is 4.34. The summed E-state index contributed by atoms with van der Waals surface area (Å²) in [7, 11) is 1.63. The molecule has 0 aliphatic heterocycles. The summed E-state index contributed by atoms with van der Waals surface area (Å²) in [6.45, 7) is 3.79. The normalized spacial score (nSPS) is 13.9. The fourth-order valence-corrected chi connectivity index (χ4v) is 2.52. The highest BCUT2D eigenvalue weighted by molar-refractivity contribution is 6.31. The molecule has 0 saturated heterocycles. The fraction of sp³-hybridized carbons (Fsp3) is 0.333. The van der Waals surface area contributed by atoms with Gasteiger partial charge in [0.05, 0.1) is 23.0 Å². The van der Waals surface area contributed by atoms with Crippen LogP contribution in [-0.4, -0.2) is 27.9 Å². The second kappa shape index (κ2) is 5.87. The van der Waals surface area contributed by atoms with E-state index in [1.165, 1.54) is 0 Å². The molecule has 2 N–H and O–H groups in total. The summed E-state index contributed by atoms with van der Waals surface area (Å²) in [5.74, 6) is -0.958. The van der Waals surface area contributed by atoms with E-state index in [-0.39, 0.29) is 6.54 Å². The van der Waals surface area contributed by atoms with E-state index < -0.39 is 11.5 Å². The van der Waals surface area contributed by atoms with Crippen molar-refractivity contribution in [1.29, 1.82) is 0 Å². The van der Waals surface area contributed by atoms with Crippen LogP contribution in [0.5, 0.6) is 0 Å². The molecular formula is C15H18ClN3O2. The van der Waals surface area contributed by atoms with Gasteiger partial charge in [-0.2, -0.15) is 5.10 Å². The second-order valence-electron chi connectivity index (χ2n) is 4.97. The summed E-state index contributed by atoms with van der Waals surface area (Å²) in [5.41, 5.74) is 0.862. The van der Waals surface area contributed by atoms with Crippen LogP contribution in [0.1, 0.15) is 17.0 Å². The van der Waals surface area contributed by atoms with E-state index in [4.69, 9.17) is 11.6 Å². The van der Waals surface area contributed by atoms with Crippen molar-refractivity contribution in [1.82, 2.24) is 15.1 Å². The van der Waals surface area contributed by atoms with Gasteiger partial charge >= 0.3 is 5.97 Å². The van der Waals surface area contributed by atoms with Crippen LogP contribution in [0.3, 0.4) is 0 Å². The van der Waals surface area contributed by atoms with Crippen LogP contribution < -0.4 is 5.32 Å². The fourth-order valence-electron chi connectivity index (χ4n) is 2.39. The topological polar surface area (TPSA) is 67.2 Å². The van der Waals surface area contributed by atoms with E-state index in [2.05, 4.69) is 10.4 Å². The molecule has 0 radical (unpaired) electrons. The number of carboxylic acid groups (broad SMARTS) is 1. The minimum atomic E-state index is -1.26. The van der Waals surface area contributed by atoms with E-state index in [0.29, 0.717) is 16.3 Å². The zero-order valence-electron chi connectivity index (χ0n) is 12.2. The number of hydrogen-bond donors (Lipinski definition) is 2. The number of nitrogens with one attached hydrogen (secondary N) is 1. The summed E-state index contributed by atoms with van der Waals surface area (Å²) >= 11 is 6.14. The number of aryl methyl sites for hydroxylation is 1. The number of carboxylic acids is 1. The van der Waals surface area contributed by atoms with Gasteiger partial charge in [0, 0.05) is 0 Å². The molecule has 1 aromatic heterocycles. The number of halogens is 1. The Morgan fingerprint density at radius 3 is 2.43 bits per heavy atom. The Hall–Kier alpha value is -1.85. The highest BCUT2D eigenvalue weighted by atomic mass is 35.5. The van der Waals surface area contributed by atoms with Gasteiger partial charge in [0.25, 0.3) is 0 Å². The number of aliphatic carboxylic acids is 1. The van der Waals surface area contributed by atoms with Crippen LogP contribution in [0.4, 0.5) is 0 Å². The lowest BCUT2D eigenvalue weighted by Gasteiger charge is -2.30. The summed E-state index contributed by atoms with van der Waals surface area (Å²) in [6.07, 6.45) is 0. The first-order valence-electron chi connectivity index (χ1n) is 6.59. The van der Waals surface area contributed by atoms with Crippen molar-refractivity contribution in [2.75, 3.05) is 7.05 Å². The van der Waals surface area contributed by atoms with Gasteiger partial charge in [-0.1, -0.05) is 41.9 Å².